The van der Waals surface area contributed by atoms with Crippen molar-refractivity contribution in [3.05, 3.63) is 20.8 Å². The summed E-state index contributed by atoms with van der Waals surface area (Å²) in [5.74, 6) is 0. The molecule has 0 aliphatic heterocycles. The second kappa shape index (κ2) is 9.99. The first kappa shape index (κ1) is 16.2. The molecule has 0 bridgehead atoms. The summed E-state index contributed by atoms with van der Waals surface area (Å²) in [5.41, 5.74) is 0. The third kappa shape index (κ3) is 6.91. The van der Waals surface area contributed by atoms with Gasteiger partial charge in [-0.1, -0.05) is 58.3 Å². The van der Waals surface area contributed by atoms with E-state index in [1.54, 1.807) is 11.3 Å². The lowest BCUT2D eigenvalue weighted by Gasteiger charge is -2.07. The molecule has 1 nitrogen and oxygen atoms in total. The fraction of sp³-hybridized carbons (Fsp3) is 0.733. The van der Waals surface area contributed by atoms with Gasteiger partial charge in [-0.3, -0.25) is 0 Å². The molecule has 0 spiro atoms. The van der Waals surface area contributed by atoms with Gasteiger partial charge in [0.05, 0.1) is 6.10 Å². The molecule has 3 heteroatoms. The molecule has 1 heterocycles. The molecule has 0 radical (unpaired) electrons. The summed E-state index contributed by atoms with van der Waals surface area (Å²) in [4.78, 5) is 1.09. The maximum atomic E-state index is 10.00. The minimum Gasteiger partial charge on any atom is -0.388 e. The maximum Gasteiger partial charge on any atom is 0.0882 e. The topological polar surface area (TPSA) is 20.2 Å². The average molecular weight is 333 g/mol. The molecular formula is C15H25BrOS. The van der Waals surface area contributed by atoms with Crippen molar-refractivity contribution in [2.24, 2.45) is 0 Å². The summed E-state index contributed by atoms with van der Waals surface area (Å²) in [6.45, 7) is 2.25. The lowest BCUT2D eigenvalue weighted by Crippen LogP contribution is -1.94. The van der Waals surface area contributed by atoms with Crippen LogP contribution in [0.4, 0.5) is 0 Å². The van der Waals surface area contributed by atoms with Gasteiger partial charge in [0.2, 0.25) is 0 Å². The smallest absolute Gasteiger partial charge is 0.0882 e. The lowest BCUT2D eigenvalue weighted by molar-refractivity contribution is 0.167. The van der Waals surface area contributed by atoms with Crippen LogP contribution < -0.4 is 0 Å². The highest BCUT2D eigenvalue weighted by molar-refractivity contribution is 9.10. The molecule has 0 saturated carbocycles. The summed E-state index contributed by atoms with van der Waals surface area (Å²) >= 11 is 5.06. The van der Waals surface area contributed by atoms with E-state index in [4.69, 9.17) is 0 Å². The van der Waals surface area contributed by atoms with Crippen molar-refractivity contribution in [3.8, 4) is 0 Å². The van der Waals surface area contributed by atoms with Crippen LogP contribution in [-0.2, 0) is 0 Å². The standard InChI is InChI=1S/C15H25BrOS/c1-2-3-4-5-6-7-8-9-10-14(17)15-11-13(16)12-18-15/h11-12,14,17H,2-10H2,1H3. The quantitative estimate of drug-likeness (QED) is 0.515. The van der Waals surface area contributed by atoms with Gasteiger partial charge in [-0.25, -0.2) is 0 Å². The number of halogens is 1. The minimum absolute atomic E-state index is 0.263. The van der Waals surface area contributed by atoms with Gasteiger partial charge < -0.3 is 5.11 Å². The van der Waals surface area contributed by atoms with E-state index in [1.165, 1.54) is 44.9 Å². The first-order valence-electron chi connectivity index (χ1n) is 7.16. The Morgan fingerprint density at radius 1 is 1.11 bits per heavy atom. The third-order valence-corrected chi connectivity index (χ3v) is 5.04. The summed E-state index contributed by atoms with van der Waals surface area (Å²) in [5, 5.41) is 12.0. The zero-order valence-electron chi connectivity index (χ0n) is 11.3. The Morgan fingerprint density at radius 2 is 1.72 bits per heavy atom. The van der Waals surface area contributed by atoms with Crippen molar-refractivity contribution >= 4 is 27.3 Å². The van der Waals surface area contributed by atoms with Gasteiger partial charge >= 0.3 is 0 Å². The SMILES string of the molecule is CCCCCCCCCCC(O)c1cc(Br)cs1. The molecule has 0 saturated heterocycles. The van der Waals surface area contributed by atoms with Crippen LogP contribution in [0, 0.1) is 0 Å². The van der Waals surface area contributed by atoms with Crippen molar-refractivity contribution in [2.45, 2.75) is 70.8 Å². The number of hydrogen-bond donors (Lipinski definition) is 1. The van der Waals surface area contributed by atoms with E-state index < -0.39 is 0 Å². The molecule has 1 rings (SSSR count). The largest absolute Gasteiger partial charge is 0.388 e. The molecule has 1 N–H and O–H groups in total. The molecule has 1 aromatic rings. The number of rotatable bonds is 10. The molecule has 0 aromatic carbocycles. The Hall–Kier alpha value is 0.140. The molecule has 0 fully saturated rings. The number of aliphatic hydroxyl groups excluding tert-OH is 1. The van der Waals surface area contributed by atoms with Crippen LogP contribution >= 0.6 is 27.3 Å². The van der Waals surface area contributed by atoms with E-state index in [2.05, 4.69) is 22.9 Å². The second-order valence-electron chi connectivity index (χ2n) is 4.95. The zero-order valence-corrected chi connectivity index (χ0v) is 13.7. The van der Waals surface area contributed by atoms with Crippen molar-refractivity contribution in [1.29, 1.82) is 0 Å². The molecule has 104 valence electrons. The van der Waals surface area contributed by atoms with E-state index >= 15 is 0 Å². The second-order valence-corrected chi connectivity index (χ2v) is 6.81. The Balaban J connectivity index is 1.97. The Kier molecular flexibility index (Phi) is 8.99. The third-order valence-electron chi connectivity index (χ3n) is 3.25. The normalized spacial score (nSPS) is 12.8. The van der Waals surface area contributed by atoms with Crippen molar-refractivity contribution < 1.29 is 5.11 Å². The van der Waals surface area contributed by atoms with Crippen LogP contribution in [0.2, 0.25) is 0 Å². The van der Waals surface area contributed by atoms with Crippen LogP contribution in [0.15, 0.2) is 15.9 Å². The number of aliphatic hydroxyl groups is 1. The highest BCUT2D eigenvalue weighted by Gasteiger charge is 2.09. The van der Waals surface area contributed by atoms with Crippen molar-refractivity contribution in [1.82, 2.24) is 0 Å². The van der Waals surface area contributed by atoms with Gasteiger partial charge in [0, 0.05) is 14.7 Å². The van der Waals surface area contributed by atoms with Gasteiger partial charge in [0.15, 0.2) is 0 Å². The van der Waals surface area contributed by atoms with Gasteiger partial charge in [0.1, 0.15) is 0 Å². The molecule has 18 heavy (non-hydrogen) atoms. The molecule has 1 aromatic heterocycles. The van der Waals surface area contributed by atoms with Gasteiger partial charge in [-0.2, -0.15) is 0 Å². The van der Waals surface area contributed by atoms with Crippen LogP contribution in [0.25, 0.3) is 0 Å². The highest BCUT2D eigenvalue weighted by atomic mass is 79.9. The average Bonchev–Trinajstić information content (AvgIpc) is 2.79. The molecule has 1 atom stereocenters. The van der Waals surface area contributed by atoms with Crippen LogP contribution in [0.3, 0.4) is 0 Å². The van der Waals surface area contributed by atoms with Crippen molar-refractivity contribution in [3.63, 3.8) is 0 Å². The lowest BCUT2D eigenvalue weighted by atomic mass is 10.1. The van der Waals surface area contributed by atoms with Crippen molar-refractivity contribution in [2.75, 3.05) is 0 Å². The number of hydrogen-bond acceptors (Lipinski definition) is 2. The summed E-state index contributed by atoms with van der Waals surface area (Å²) < 4.78 is 1.08. The van der Waals surface area contributed by atoms with Crippen LogP contribution in [0.5, 0.6) is 0 Å². The number of thiophene rings is 1. The summed E-state index contributed by atoms with van der Waals surface area (Å²) in [6.07, 6.45) is 11.2. The zero-order chi connectivity index (χ0) is 13.2. The van der Waals surface area contributed by atoms with Crippen LogP contribution in [-0.4, -0.2) is 5.11 Å². The number of unbranched alkanes of at least 4 members (excludes halogenated alkanes) is 7. The molecule has 0 aliphatic rings. The monoisotopic (exact) mass is 332 g/mol. The Morgan fingerprint density at radius 3 is 2.28 bits per heavy atom. The van der Waals surface area contributed by atoms with E-state index in [0.29, 0.717) is 0 Å². The molecule has 0 aliphatic carbocycles. The maximum absolute atomic E-state index is 10.00. The van der Waals surface area contributed by atoms with Crippen LogP contribution in [0.1, 0.15) is 75.7 Å². The first-order chi connectivity index (χ1) is 8.74. The summed E-state index contributed by atoms with van der Waals surface area (Å²) in [6, 6.07) is 2.03. The molecule has 1 unspecified atom stereocenters. The summed E-state index contributed by atoms with van der Waals surface area (Å²) in [7, 11) is 0. The molecular weight excluding hydrogens is 308 g/mol. The van der Waals surface area contributed by atoms with E-state index in [1.807, 2.05) is 11.4 Å². The molecule has 0 amide bonds. The van der Waals surface area contributed by atoms with Gasteiger partial charge in [0.25, 0.3) is 0 Å². The predicted molar refractivity (Wildman–Crippen MR) is 84.2 cm³/mol. The highest BCUT2D eigenvalue weighted by Crippen LogP contribution is 2.28. The van der Waals surface area contributed by atoms with E-state index in [0.717, 1.165) is 22.2 Å². The first-order valence-corrected chi connectivity index (χ1v) is 8.83. The fourth-order valence-corrected chi connectivity index (χ4v) is 3.58. The van der Waals surface area contributed by atoms with E-state index in [-0.39, 0.29) is 6.10 Å². The van der Waals surface area contributed by atoms with E-state index in [9.17, 15) is 5.11 Å². The Bertz CT molecular complexity index is 311. The Labute approximate surface area is 124 Å². The van der Waals surface area contributed by atoms with Gasteiger partial charge in [-0.15, -0.1) is 11.3 Å². The predicted octanol–water partition coefficient (Wildman–Crippen LogP) is 6.07. The minimum atomic E-state index is -0.263. The van der Waals surface area contributed by atoms with Gasteiger partial charge in [-0.05, 0) is 28.4 Å². The fourth-order valence-electron chi connectivity index (χ4n) is 2.12.